The topological polar surface area (TPSA) is 12.0 Å². The van der Waals surface area contributed by atoms with E-state index in [0.717, 1.165) is 11.8 Å². The molecule has 16 heavy (non-hydrogen) atoms. The highest BCUT2D eigenvalue weighted by Crippen LogP contribution is 2.36. The molecule has 0 saturated heterocycles. The number of fused-ring (bicyclic) bond motifs is 1. The van der Waals surface area contributed by atoms with Crippen molar-refractivity contribution in [2.75, 3.05) is 6.54 Å². The summed E-state index contributed by atoms with van der Waals surface area (Å²) in [6, 6.07) is 9.40. The van der Waals surface area contributed by atoms with Crippen LogP contribution in [0.4, 0.5) is 0 Å². The van der Waals surface area contributed by atoms with E-state index in [1.807, 2.05) is 11.8 Å². The average molecular weight is 235 g/mol. The fraction of sp³-hybridized carbons (Fsp3) is 0.571. The zero-order valence-corrected chi connectivity index (χ0v) is 11.2. The van der Waals surface area contributed by atoms with Crippen LogP contribution in [0.25, 0.3) is 0 Å². The summed E-state index contributed by atoms with van der Waals surface area (Å²) in [5.41, 5.74) is 1.52. The highest BCUT2D eigenvalue weighted by Gasteiger charge is 2.22. The van der Waals surface area contributed by atoms with E-state index in [-0.39, 0.29) is 0 Å². The molecule has 1 heterocycles. The molecule has 2 unspecified atom stereocenters. The first-order chi connectivity index (χ1) is 7.66. The first-order valence-electron chi connectivity index (χ1n) is 6.14. The van der Waals surface area contributed by atoms with Gasteiger partial charge >= 0.3 is 0 Å². The van der Waals surface area contributed by atoms with Gasteiger partial charge in [-0.1, -0.05) is 32.0 Å². The maximum Gasteiger partial charge on any atom is 0.0260 e. The quantitative estimate of drug-likeness (QED) is 0.859. The Balaban J connectivity index is 1.83. The summed E-state index contributed by atoms with van der Waals surface area (Å²) in [5, 5.41) is 4.36. The number of rotatable bonds is 4. The minimum Gasteiger partial charge on any atom is -0.313 e. The maximum absolute atomic E-state index is 3.64. The predicted octanol–water partition coefficient (Wildman–Crippen LogP) is 3.34. The highest BCUT2D eigenvalue weighted by molar-refractivity contribution is 8.00. The molecule has 88 valence electrons. The molecule has 1 N–H and O–H groups in total. The van der Waals surface area contributed by atoms with E-state index < -0.39 is 0 Å². The van der Waals surface area contributed by atoms with Crippen LogP contribution in [0, 0.1) is 5.92 Å². The molecule has 0 amide bonds. The number of hydrogen-bond acceptors (Lipinski definition) is 2. The molecule has 1 nitrogen and oxygen atoms in total. The lowest BCUT2D eigenvalue weighted by Gasteiger charge is -2.19. The molecule has 1 aromatic carbocycles. The van der Waals surface area contributed by atoms with Gasteiger partial charge in [-0.15, -0.1) is 11.8 Å². The highest BCUT2D eigenvalue weighted by atomic mass is 32.2. The van der Waals surface area contributed by atoms with Gasteiger partial charge in [0.05, 0.1) is 0 Å². The van der Waals surface area contributed by atoms with Gasteiger partial charge in [-0.3, -0.25) is 0 Å². The molecule has 0 aromatic heterocycles. The molecular weight excluding hydrogens is 214 g/mol. The Morgan fingerprint density at radius 3 is 2.75 bits per heavy atom. The molecule has 2 atom stereocenters. The van der Waals surface area contributed by atoms with Crippen LogP contribution in [0.3, 0.4) is 0 Å². The van der Waals surface area contributed by atoms with Gasteiger partial charge in [0.15, 0.2) is 0 Å². The van der Waals surface area contributed by atoms with Crippen LogP contribution in [-0.4, -0.2) is 17.8 Å². The summed E-state index contributed by atoms with van der Waals surface area (Å²) in [4.78, 5) is 1.48. The molecule has 1 aromatic rings. The third-order valence-electron chi connectivity index (χ3n) is 3.38. The van der Waals surface area contributed by atoms with E-state index in [1.165, 1.54) is 16.9 Å². The van der Waals surface area contributed by atoms with E-state index in [2.05, 4.69) is 50.4 Å². The van der Waals surface area contributed by atoms with Crippen molar-refractivity contribution >= 4 is 11.8 Å². The van der Waals surface area contributed by atoms with Crippen LogP contribution in [0.5, 0.6) is 0 Å². The van der Waals surface area contributed by atoms with Crippen molar-refractivity contribution in [3.8, 4) is 0 Å². The first kappa shape index (κ1) is 12.0. The molecule has 0 saturated carbocycles. The molecular formula is C14H21NS. The lowest BCUT2D eigenvalue weighted by atomic mass is 10.1. The lowest BCUT2D eigenvalue weighted by Crippen LogP contribution is -2.35. The van der Waals surface area contributed by atoms with Gasteiger partial charge < -0.3 is 5.32 Å². The van der Waals surface area contributed by atoms with Gasteiger partial charge in [-0.05, 0) is 30.9 Å². The summed E-state index contributed by atoms with van der Waals surface area (Å²) in [6.45, 7) is 7.94. The van der Waals surface area contributed by atoms with E-state index in [1.54, 1.807) is 0 Å². The normalized spacial score (nSPS) is 21.1. The second-order valence-corrected chi connectivity index (χ2v) is 6.33. The fourth-order valence-electron chi connectivity index (χ4n) is 1.92. The lowest BCUT2D eigenvalue weighted by molar-refractivity contribution is 0.427. The minimum atomic E-state index is 0.615. The number of thioether (sulfide) groups is 1. The van der Waals surface area contributed by atoms with Crippen molar-refractivity contribution in [1.29, 1.82) is 0 Å². The standard InChI is InChI=1S/C14H21NS/c1-10(2)11(3)15-9-13-8-12-6-4-5-7-14(12)16-13/h4-7,10-11,13,15H,8-9H2,1-3H3. The van der Waals surface area contributed by atoms with Gasteiger partial charge in [0.2, 0.25) is 0 Å². The summed E-state index contributed by atoms with van der Waals surface area (Å²) in [5.74, 6) is 0.716. The smallest absolute Gasteiger partial charge is 0.0260 e. The molecule has 0 bridgehead atoms. The average Bonchev–Trinajstić information content (AvgIpc) is 2.68. The van der Waals surface area contributed by atoms with Crippen LogP contribution < -0.4 is 5.32 Å². The van der Waals surface area contributed by atoms with Crippen LogP contribution in [0.1, 0.15) is 26.3 Å². The Morgan fingerprint density at radius 2 is 2.06 bits per heavy atom. The Labute approximate surface area is 103 Å². The second-order valence-electron chi connectivity index (χ2n) is 4.99. The van der Waals surface area contributed by atoms with Crippen molar-refractivity contribution in [3.05, 3.63) is 29.8 Å². The SMILES string of the molecule is CC(C)C(C)NCC1Cc2ccccc2S1. The molecule has 2 heteroatoms. The van der Waals surface area contributed by atoms with Gasteiger partial charge in [0.25, 0.3) is 0 Å². The van der Waals surface area contributed by atoms with Crippen LogP contribution in [0.15, 0.2) is 29.2 Å². The predicted molar refractivity (Wildman–Crippen MR) is 72.1 cm³/mol. The third-order valence-corrected chi connectivity index (χ3v) is 4.70. The number of benzene rings is 1. The summed E-state index contributed by atoms with van der Waals surface area (Å²) >= 11 is 2.03. The van der Waals surface area contributed by atoms with E-state index >= 15 is 0 Å². The second kappa shape index (κ2) is 5.24. The summed E-state index contributed by atoms with van der Waals surface area (Å²) in [6.07, 6.45) is 1.22. The number of hydrogen-bond donors (Lipinski definition) is 1. The van der Waals surface area contributed by atoms with E-state index in [0.29, 0.717) is 12.0 Å². The van der Waals surface area contributed by atoms with E-state index in [9.17, 15) is 0 Å². The monoisotopic (exact) mass is 235 g/mol. The fourth-order valence-corrected chi connectivity index (χ4v) is 3.18. The van der Waals surface area contributed by atoms with Crippen LogP contribution >= 0.6 is 11.8 Å². The van der Waals surface area contributed by atoms with Crippen molar-refractivity contribution in [2.24, 2.45) is 5.92 Å². The Morgan fingerprint density at radius 1 is 1.31 bits per heavy atom. The van der Waals surface area contributed by atoms with Crippen molar-refractivity contribution in [2.45, 2.75) is 43.4 Å². The third kappa shape index (κ3) is 2.80. The summed E-state index contributed by atoms with van der Waals surface area (Å²) < 4.78 is 0. The van der Waals surface area contributed by atoms with Gasteiger partial charge in [0.1, 0.15) is 0 Å². The Kier molecular flexibility index (Phi) is 3.93. The molecule has 1 aliphatic rings. The molecule has 2 rings (SSSR count). The minimum absolute atomic E-state index is 0.615. The van der Waals surface area contributed by atoms with Crippen molar-refractivity contribution in [3.63, 3.8) is 0 Å². The van der Waals surface area contributed by atoms with Crippen LogP contribution in [0.2, 0.25) is 0 Å². The molecule has 0 fully saturated rings. The largest absolute Gasteiger partial charge is 0.313 e. The molecule has 1 aliphatic heterocycles. The molecule has 0 radical (unpaired) electrons. The van der Waals surface area contributed by atoms with Crippen LogP contribution in [-0.2, 0) is 6.42 Å². The summed E-state index contributed by atoms with van der Waals surface area (Å²) in [7, 11) is 0. The molecule has 0 aliphatic carbocycles. The zero-order chi connectivity index (χ0) is 11.5. The van der Waals surface area contributed by atoms with Crippen molar-refractivity contribution in [1.82, 2.24) is 5.32 Å². The zero-order valence-electron chi connectivity index (χ0n) is 10.4. The maximum atomic E-state index is 3.64. The first-order valence-corrected chi connectivity index (χ1v) is 7.02. The molecule has 0 spiro atoms. The number of nitrogens with one attached hydrogen (secondary N) is 1. The Hall–Kier alpha value is -0.470. The van der Waals surface area contributed by atoms with E-state index in [4.69, 9.17) is 0 Å². The van der Waals surface area contributed by atoms with Gasteiger partial charge in [0, 0.05) is 22.7 Å². The van der Waals surface area contributed by atoms with Gasteiger partial charge in [-0.2, -0.15) is 0 Å². The van der Waals surface area contributed by atoms with Crippen molar-refractivity contribution < 1.29 is 0 Å². The Bertz CT molecular complexity index is 323. The van der Waals surface area contributed by atoms with Gasteiger partial charge in [-0.25, -0.2) is 0 Å².